The summed E-state index contributed by atoms with van der Waals surface area (Å²) in [7, 11) is 5.38. The normalized spacial score (nSPS) is 32.0. The van der Waals surface area contributed by atoms with Crippen molar-refractivity contribution in [2.75, 3.05) is 47.4 Å². The minimum atomic E-state index is -0.509. The maximum Gasteiger partial charge on any atom is 0.311 e. The van der Waals surface area contributed by atoms with Gasteiger partial charge >= 0.3 is 5.97 Å². The number of rotatable bonds is 3. The van der Waals surface area contributed by atoms with Crippen LogP contribution in [0.5, 0.6) is 5.75 Å². The highest BCUT2D eigenvalue weighted by Crippen LogP contribution is 2.58. The van der Waals surface area contributed by atoms with Crippen LogP contribution in [-0.4, -0.2) is 69.0 Å². The van der Waals surface area contributed by atoms with E-state index in [1.54, 1.807) is 7.11 Å². The molecule has 6 nitrogen and oxygen atoms in total. The number of hydrogen-bond acceptors (Lipinski definition) is 6. The number of halogens is 1. The second kappa shape index (κ2) is 8.99. The minimum Gasteiger partial charge on any atom is -0.497 e. The maximum atomic E-state index is 13.0. The van der Waals surface area contributed by atoms with Gasteiger partial charge in [-0.3, -0.25) is 9.80 Å². The number of hydrogen-bond donors (Lipinski definition) is 0. The third kappa shape index (κ3) is 4.05. The van der Waals surface area contributed by atoms with E-state index in [0.717, 1.165) is 63.3 Å². The Hall–Kier alpha value is -1.79. The molecule has 0 amide bonds. The van der Waals surface area contributed by atoms with Crippen LogP contribution in [0.4, 0.5) is 0 Å². The molecule has 1 aliphatic heterocycles. The van der Waals surface area contributed by atoms with Crippen molar-refractivity contribution in [1.82, 2.24) is 9.91 Å². The number of piperazine rings is 1. The average Bonchev–Trinajstić information content (AvgIpc) is 2.75. The van der Waals surface area contributed by atoms with E-state index in [1.165, 1.54) is 18.2 Å². The van der Waals surface area contributed by atoms with E-state index >= 15 is 0 Å². The van der Waals surface area contributed by atoms with E-state index < -0.39 is 5.41 Å². The molecule has 0 N–H and O–H groups in total. The molecule has 7 heteroatoms. The zero-order chi connectivity index (χ0) is 21.5. The molecule has 1 heterocycles. The van der Waals surface area contributed by atoms with Crippen molar-refractivity contribution in [2.45, 2.75) is 44.9 Å². The van der Waals surface area contributed by atoms with Crippen molar-refractivity contribution < 1.29 is 14.3 Å². The number of ether oxygens (including phenoxy) is 2. The van der Waals surface area contributed by atoms with Gasteiger partial charge in [-0.15, -0.1) is 12.4 Å². The number of benzene rings is 1. The van der Waals surface area contributed by atoms with Crippen LogP contribution in [0.2, 0.25) is 0 Å². The van der Waals surface area contributed by atoms with Crippen molar-refractivity contribution in [3.05, 3.63) is 29.3 Å². The molecular formula is C24H36ClN3O3. The molecule has 1 aromatic carbocycles. The predicted octanol–water partition coefficient (Wildman–Crippen LogP) is 3.71. The lowest BCUT2D eigenvalue weighted by Gasteiger charge is -2.54. The Kier molecular flexibility index (Phi) is 6.92. The third-order valence-corrected chi connectivity index (χ3v) is 7.87. The van der Waals surface area contributed by atoms with Crippen LogP contribution >= 0.6 is 12.4 Å². The van der Waals surface area contributed by atoms with Crippen molar-refractivity contribution in [2.24, 2.45) is 16.4 Å². The zero-order valence-corrected chi connectivity index (χ0v) is 20.3. The predicted molar refractivity (Wildman–Crippen MR) is 125 cm³/mol. The lowest BCUT2D eigenvalue weighted by atomic mass is 9.49. The third-order valence-electron chi connectivity index (χ3n) is 7.87. The molecule has 3 aliphatic rings. The van der Waals surface area contributed by atoms with E-state index in [4.69, 9.17) is 14.6 Å². The highest BCUT2D eigenvalue weighted by molar-refractivity contribution is 6.04. The van der Waals surface area contributed by atoms with E-state index in [9.17, 15) is 4.79 Å². The minimum absolute atomic E-state index is 0. The fourth-order valence-electron chi connectivity index (χ4n) is 5.96. The van der Waals surface area contributed by atoms with Gasteiger partial charge in [-0.1, -0.05) is 13.3 Å². The SMILES string of the molecule is COC(=O)C1(C)CCCC2(C)c3cc(OC)ccc3C(=NN3CCN(C)CC3)CC12.Cl. The van der Waals surface area contributed by atoms with Crippen molar-refractivity contribution in [3.8, 4) is 5.75 Å². The highest BCUT2D eigenvalue weighted by atomic mass is 35.5. The molecule has 0 aromatic heterocycles. The molecule has 4 rings (SSSR count). The Morgan fingerprint density at radius 3 is 2.48 bits per heavy atom. The van der Waals surface area contributed by atoms with Crippen LogP contribution in [0.1, 0.15) is 50.7 Å². The second-order valence-corrected chi connectivity index (χ2v) is 9.65. The van der Waals surface area contributed by atoms with Gasteiger partial charge < -0.3 is 14.4 Å². The van der Waals surface area contributed by atoms with Crippen LogP contribution in [0.15, 0.2) is 23.3 Å². The van der Waals surface area contributed by atoms with Gasteiger partial charge in [0.15, 0.2) is 0 Å². The monoisotopic (exact) mass is 449 g/mol. The molecule has 172 valence electrons. The lowest BCUT2D eigenvalue weighted by molar-refractivity contribution is -0.160. The molecule has 2 aliphatic carbocycles. The number of carbonyl (C=O) groups excluding carboxylic acids is 1. The molecule has 31 heavy (non-hydrogen) atoms. The zero-order valence-electron chi connectivity index (χ0n) is 19.4. The van der Waals surface area contributed by atoms with E-state index in [2.05, 4.69) is 42.9 Å². The molecular weight excluding hydrogens is 414 g/mol. The average molecular weight is 450 g/mol. The fraction of sp³-hybridized carbons (Fsp3) is 0.667. The fourth-order valence-corrected chi connectivity index (χ4v) is 5.96. The van der Waals surface area contributed by atoms with Crippen LogP contribution in [0.25, 0.3) is 0 Å². The molecule has 1 saturated heterocycles. The van der Waals surface area contributed by atoms with E-state index in [0.29, 0.717) is 0 Å². The summed E-state index contributed by atoms with van der Waals surface area (Å²) >= 11 is 0. The Balaban J connectivity index is 0.00000272. The first-order chi connectivity index (χ1) is 14.3. The number of nitrogens with zero attached hydrogens (tertiary/aromatic N) is 3. The maximum absolute atomic E-state index is 13.0. The van der Waals surface area contributed by atoms with Crippen LogP contribution in [0, 0.1) is 11.3 Å². The Labute approximate surface area is 192 Å². The topological polar surface area (TPSA) is 54.4 Å². The smallest absolute Gasteiger partial charge is 0.311 e. The van der Waals surface area contributed by atoms with Gasteiger partial charge in [-0.05, 0) is 68.3 Å². The largest absolute Gasteiger partial charge is 0.497 e. The van der Waals surface area contributed by atoms with Gasteiger partial charge in [0, 0.05) is 31.7 Å². The summed E-state index contributed by atoms with van der Waals surface area (Å²) in [6.07, 6.45) is 3.74. The first-order valence-electron chi connectivity index (χ1n) is 11.1. The van der Waals surface area contributed by atoms with Gasteiger partial charge in [0.2, 0.25) is 0 Å². The number of methoxy groups -OCH3 is 2. The number of likely N-dealkylation sites (N-methyl/N-ethyl adjacent to an activating group) is 1. The number of carbonyl (C=O) groups is 1. The van der Waals surface area contributed by atoms with Crippen molar-refractivity contribution in [1.29, 1.82) is 0 Å². The van der Waals surface area contributed by atoms with Crippen LogP contribution in [0.3, 0.4) is 0 Å². The quantitative estimate of drug-likeness (QED) is 0.658. The summed E-state index contributed by atoms with van der Waals surface area (Å²) in [5.74, 6) is 0.917. The Morgan fingerprint density at radius 2 is 1.84 bits per heavy atom. The summed E-state index contributed by atoms with van der Waals surface area (Å²) in [6.45, 7) is 8.33. The number of hydrazone groups is 1. The lowest BCUT2D eigenvalue weighted by Crippen LogP contribution is -2.54. The summed E-state index contributed by atoms with van der Waals surface area (Å²) in [6, 6.07) is 6.36. The second-order valence-electron chi connectivity index (χ2n) is 9.65. The molecule has 1 aromatic rings. The number of esters is 1. The molecule has 0 radical (unpaired) electrons. The Morgan fingerprint density at radius 1 is 1.13 bits per heavy atom. The van der Waals surface area contributed by atoms with Crippen molar-refractivity contribution in [3.63, 3.8) is 0 Å². The summed E-state index contributed by atoms with van der Waals surface area (Å²) in [5.41, 5.74) is 2.96. The van der Waals surface area contributed by atoms with Crippen molar-refractivity contribution >= 4 is 24.1 Å². The first kappa shape index (κ1) is 23.9. The molecule has 3 unspecified atom stereocenters. The molecule has 0 bridgehead atoms. The highest BCUT2D eigenvalue weighted by Gasteiger charge is 2.57. The molecule has 2 fully saturated rings. The van der Waals surface area contributed by atoms with Gasteiger partial charge in [0.25, 0.3) is 0 Å². The van der Waals surface area contributed by atoms with Gasteiger partial charge in [-0.2, -0.15) is 5.10 Å². The Bertz CT molecular complexity index is 852. The van der Waals surface area contributed by atoms with Crippen LogP contribution in [-0.2, 0) is 14.9 Å². The van der Waals surface area contributed by atoms with Crippen LogP contribution < -0.4 is 4.74 Å². The molecule has 0 spiro atoms. The summed E-state index contributed by atoms with van der Waals surface area (Å²) in [5, 5.41) is 7.33. The standard InChI is InChI=1S/C24H35N3O3.ClH/c1-23-9-6-10-24(2,22(28)30-5)21(23)16-20(25-27-13-11-26(3)12-14-27)18-8-7-17(29-4)15-19(18)23;/h7-8,15,21H,6,9-14,16H2,1-5H3;1H. The number of fused-ring (bicyclic) bond motifs is 3. The molecule has 3 atom stereocenters. The van der Waals surface area contributed by atoms with Gasteiger partial charge in [0.1, 0.15) is 5.75 Å². The summed E-state index contributed by atoms with van der Waals surface area (Å²) in [4.78, 5) is 15.3. The van der Waals surface area contributed by atoms with E-state index in [1.807, 2.05) is 6.07 Å². The summed E-state index contributed by atoms with van der Waals surface area (Å²) < 4.78 is 10.9. The van der Waals surface area contributed by atoms with Gasteiger partial charge in [0.05, 0.1) is 25.3 Å². The van der Waals surface area contributed by atoms with E-state index in [-0.39, 0.29) is 29.7 Å². The van der Waals surface area contributed by atoms with Gasteiger partial charge in [-0.25, -0.2) is 0 Å². The first-order valence-corrected chi connectivity index (χ1v) is 11.1. The molecule has 1 saturated carbocycles.